The van der Waals surface area contributed by atoms with Crippen LogP contribution in [0.4, 0.5) is 11.5 Å². The van der Waals surface area contributed by atoms with E-state index in [1.54, 1.807) is 18.3 Å². The van der Waals surface area contributed by atoms with Crippen LogP contribution in [-0.2, 0) is 0 Å². The van der Waals surface area contributed by atoms with Crippen molar-refractivity contribution < 1.29 is 0 Å². The van der Waals surface area contributed by atoms with Crippen molar-refractivity contribution >= 4 is 11.5 Å². The Morgan fingerprint density at radius 2 is 1.74 bits per heavy atom. The highest BCUT2D eigenvalue weighted by Crippen LogP contribution is 2.26. The average molecular weight is 248 g/mol. The second-order valence-electron chi connectivity index (χ2n) is 4.16. The Labute approximate surface area is 112 Å². The molecular formula is C15H12N4. The topological polar surface area (TPSA) is 63.7 Å². The van der Waals surface area contributed by atoms with E-state index in [1.165, 1.54) is 0 Å². The monoisotopic (exact) mass is 248 g/mol. The summed E-state index contributed by atoms with van der Waals surface area (Å²) >= 11 is 0. The van der Waals surface area contributed by atoms with Gasteiger partial charge < -0.3 is 4.90 Å². The molecule has 1 aromatic heterocycles. The number of nitrogens with zero attached hydrogens (tertiary/aromatic N) is 4. The molecule has 0 atom stereocenters. The Hall–Kier alpha value is -2.85. The average Bonchev–Trinajstić information content (AvgIpc) is 2.46. The number of benzene rings is 1. The zero-order chi connectivity index (χ0) is 13.8. The third-order valence-electron chi connectivity index (χ3n) is 2.95. The summed E-state index contributed by atoms with van der Waals surface area (Å²) in [7, 11) is 1.85. The minimum atomic E-state index is 0.564. The zero-order valence-corrected chi connectivity index (χ0v) is 10.8. The molecule has 0 saturated heterocycles. The molecule has 0 aliphatic carbocycles. The van der Waals surface area contributed by atoms with E-state index in [-0.39, 0.29) is 0 Å². The van der Waals surface area contributed by atoms with Crippen LogP contribution in [0, 0.1) is 29.6 Å². The first-order valence-electron chi connectivity index (χ1n) is 5.77. The molecule has 2 rings (SSSR count). The van der Waals surface area contributed by atoms with Crippen LogP contribution in [0.5, 0.6) is 0 Å². The van der Waals surface area contributed by atoms with Gasteiger partial charge in [0.15, 0.2) is 5.82 Å². The Morgan fingerprint density at radius 1 is 1.05 bits per heavy atom. The van der Waals surface area contributed by atoms with Gasteiger partial charge in [0.25, 0.3) is 0 Å². The number of pyridine rings is 1. The molecule has 0 N–H and O–H groups in total. The molecule has 4 nitrogen and oxygen atoms in total. The van der Waals surface area contributed by atoms with E-state index in [1.807, 2.05) is 37.1 Å². The molecule has 0 aliphatic rings. The number of nitriles is 2. The number of hydrogen-bond donors (Lipinski definition) is 0. The van der Waals surface area contributed by atoms with Crippen molar-refractivity contribution in [2.75, 3.05) is 11.9 Å². The van der Waals surface area contributed by atoms with Crippen LogP contribution in [0.25, 0.3) is 0 Å². The summed E-state index contributed by atoms with van der Waals surface area (Å²) in [5.41, 5.74) is 2.95. The minimum Gasteiger partial charge on any atom is -0.328 e. The Balaban J connectivity index is 2.45. The van der Waals surface area contributed by atoms with Crippen molar-refractivity contribution in [2.45, 2.75) is 6.92 Å². The SMILES string of the molecule is Cc1ccnc(N(C)c2ccc(C#N)cc2)c1C#N. The maximum absolute atomic E-state index is 9.22. The van der Waals surface area contributed by atoms with Gasteiger partial charge in [-0.15, -0.1) is 0 Å². The number of aromatic nitrogens is 1. The van der Waals surface area contributed by atoms with Crippen LogP contribution >= 0.6 is 0 Å². The van der Waals surface area contributed by atoms with Crippen molar-refractivity contribution in [3.63, 3.8) is 0 Å². The van der Waals surface area contributed by atoms with E-state index in [0.29, 0.717) is 16.9 Å². The minimum absolute atomic E-state index is 0.564. The first kappa shape index (κ1) is 12.6. The quantitative estimate of drug-likeness (QED) is 0.819. The van der Waals surface area contributed by atoms with E-state index in [4.69, 9.17) is 5.26 Å². The molecule has 0 radical (unpaired) electrons. The third-order valence-corrected chi connectivity index (χ3v) is 2.95. The Kier molecular flexibility index (Phi) is 3.45. The maximum Gasteiger partial charge on any atom is 0.150 e. The van der Waals surface area contributed by atoms with Gasteiger partial charge in [-0.25, -0.2) is 4.98 Å². The zero-order valence-electron chi connectivity index (χ0n) is 10.8. The molecule has 92 valence electrons. The fraction of sp³-hybridized carbons (Fsp3) is 0.133. The highest BCUT2D eigenvalue weighted by atomic mass is 15.2. The first-order chi connectivity index (χ1) is 9.17. The molecule has 1 heterocycles. The molecule has 4 heteroatoms. The van der Waals surface area contributed by atoms with E-state index >= 15 is 0 Å². The summed E-state index contributed by atoms with van der Waals surface area (Å²) in [5, 5.41) is 18.0. The van der Waals surface area contributed by atoms with Gasteiger partial charge >= 0.3 is 0 Å². The lowest BCUT2D eigenvalue weighted by Gasteiger charge is -2.20. The van der Waals surface area contributed by atoms with Gasteiger partial charge in [0, 0.05) is 18.9 Å². The van der Waals surface area contributed by atoms with Gasteiger partial charge in [-0.2, -0.15) is 10.5 Å². The molecule has 0 unspecified atom stereocenters. The second-order valence-corrected chi connectivity index (χ2v) is 4.16. The molecule has 0 aliphatic heterocycles. The van der Waals surface area contributed by atoms with Crippen LogP contribution in [0.3, 0.4) is 0 Å². The van der Waals surface area contributed by atoms with Crippen LogP contribution in [0.15, 0.2) is 36.5 Å². The Morgan fingerprint density at radius 3 is 2.32 bits per heavy atom. The van der Waals surface area contributed by atoms with E-state index in [2.05, 4.69) is 17.1 Å². The predicted octanol–water partition coefficient (Wildman–Crippen LogP) is 2.90. The number of anilines is 2. The molecule has 0 spiro atoms. The molecule has 0 amide bonds. The largest absolute Gasteiger partial charge is 0.328 e. The van der Waals surface area contributed by atoms with Gasteiger partial charge in [-0.05, 0) is 42.8 Å². The summed E-state index contributed by atoms with van der Waals surface area (Å²) in [5.74, 6) is 0.618. The summed E-state index contributed by atoms with van der Waals surface area (Å²) < 4.78 is 0. The molecule has 2 aromatic rings. The summed E-state index contributed by atoms with van der Waals surface area (Å²) in [6.07, 6.45) is 1.69. The van der Waals surface area contributed by atoms with E-state index in [9.17, 15) is 5.26 Å². The van der Waals surface area contributed by atoms with Crippen LogP contribution < -0.4 is 4.90 Å². The molecule has 0 saturated carbocycles. The number of aryl methyl sites for hydroxylation is 1. The molecule has 19 heavy (non-hydrogen) atoms. The second kappa shape index (κ2) is 5.20. The summed E-state index contributed by atoms with van der Waals surface area (Å²) in [6.45, 7) is 1.89. The lowest BCUT2D eigenvalue weighted by Crippen LogP contribution is -2.13. The standard InChI is InChI=1S/C15H12N4/c1-11-7-8-18-15(14(11)10-17)19(2)13-5-3-12(9-16)4-6-13/h3-8H,1-2H3. The van der Waals surface area contributed by atoms with Crippen LogP contribution in [0.1, 0.15) is 16.7 Å². The lowest BCUT2D eigenvalue weighted by atomic mass is 10.1. The van der Waals surface area contributed by atoms with Crippen molar-refractivity contribution in [1.82, 2.24) is 4.98 Å². The van der Waals surface area contributed by atoms with Gasteiger partial charge in [0.2, 0.25) is 0 Å². The Bertz CT molecular complexity index is 675. The number of hydrogen-bond acceptors (Lipinski definition) is 4. The third kappa shape index (κ3) is 2.38. The molecule has 0 bridgehead atoms. The van der Waals surface area contributed by atoms with Crippen molar-refractivity contribution in [3.05, 3.63) is 53.2 Å². The predicted molar refractivity (Wildman–Crippen MR) is 72.9 cm³/mol. The maximum atomic E-state index is 9.22. The van der Waals surface area contributed by atoms with Gasteiger partial charge in [-0.3, -0.25) is 0 Å². The van der Waals surface area contributed by atoms with Crippen molar-refractivity contribution in [2.24, 2.45) is 0 Å². The first-order valence-corrected chi connectivity index (χ1v) is 5.77. The smallest absolute Gasteiger partial charge is 0.150 e. The normalized spacial score (nSPS) is 9.47. The van der Waals surface area contributed by atoms with E-state index < -0.39 is 0 Å². The fourth-order valence-electron chi connectivity index (χ4n) is 1.82. The highest BCUT2D eigenvalue weighted by Gasteiger charge is 2.12. The number of rotatable bonds is 2. The van der Waals surface area contributed by atoms with Gasteiger partial charge in [0.1, 0.15) is 6.07 Å². The van der Waals surface area contributed by atoms with Crippen LogP contribution in [-0.4, -0.2) is 12.0 Å². The van der Waals surface area contributed by atoms with Gasteiger partial charge in [0.05, 0.1) is 17.2 Å². The van der Waals surface area contributed by atoms with Gasteiger partial charge in [-0.1, -0.05) is 0 Å². The summed E-state index contributed by atoms with van der Waals surface area (Å²) in [4.78, 5) is 6.11. The molecular weight excluding hydrogens is 236 g/mol. The van der Waals surface area contributed by atoms with Crippen LogP contribution in [0.2, 0.25) is 0 Å². The lowest BCUT2D eigenvalue weighted by molar-refractivity contribution is 1.10. The molecule has 0 fully saturated rings. The molecule has 1 aromatic carbocycles. The highest BCUT2D eigenvalue weighted by molar-refractivity contribution is 5.66. The van der Waals surface area contributed by atoms with Crippen molar-refractivity contribution in [1.29, 1.82) is 10.5 Å². The van der Waals surface area contributed by atoms with Crippen molar-refractivity contribution in [3.8, 4) is 12.1 Å². The summed E-state index contributed by atoms with van der Waals surface area (Å²) in [6, 6.07) is 13.2. The fourth-order valence-corrected chi connectivity index (χ4v) is 1.82. The van der Waals surface area contributed by atoms with E-state index in [0.717, 1.165) is 11.3 Å².